The van der Waals surface area contributed by atoms with Crippen LogP contribution >= 0.6 is 0 Å². The first-order valence-electron chi connectivity index (χ1n) is 12.2. The van der Waals surface area contributed by atoms with Crippen molar-refractivity contribution in [3.05, 3.63) is 83.8 Å². The minimum Gasteiger partial charge on any atom is -0.497 e. The monoisotopic (exact) mass is 505 g/mol. The number of benzene rings is 2. The molecule has 0 radical (unpaired) electrons. The van der Waals surface area contributed by atoms with Gasteiger partial charge in [0.2, 0.25) is 5.91 Å². The van der Waals surface area contributed by atoms with Crippen molar-refractivity contribution < 1.29 is 28.3 Å². The fourth-order valence-corrected chi connectivity index (χ4v) is 4.46. The van der Waals surface area contributed by atoms with Gasteiger partial charge in [0, 0.05) is 24.2 Å². The summed E-state index contributed by atoms with van der Waals surface area (Å²) in [5, 5.41) is 5.79. The van der Waals surface area contributed by atoms with E-state index in [1.807, 2.05) is 0 Å². The van der Waals surface area contributed by atoms with Crippen molar-refractivity contribution in [3.8, 4) is 11.5 Å². The summed E-state index contributed by atoms with van der Waals surface area (Å²) < 4.78 is 15.8. The van der Waals surface area contributed by atoms with Crippen LogP contribution in [0.2, 0.25) is 0 Å². The Kier molecular flexibility index (Phi) is 8.45. The molecule has 1 aliphatic heterocycles. The van der Waals surface area contributed by atoms with Crippen molar-refractivity contribution in [2.45, 2.75) is 25.4 Å². The van der Waals surface area contributed by atoms with E-state index in [0.717, 1.165) is 0 Å². The Morgan fingerprint density at radius 1 is 0.946 bits per heavy atom. The van der Waals surface area contributed by atoms with Gasteiger partial charge in [-0.1, -0.05) is 12.1 Å². The van der Waals surface area contributed by atoms with E-state index in [0.29, 0.717) is 54.3 Å². The zero-order chi connectivity index (χ0) is 26.2. The number of methoxy groups -OCH3 is 2. The van der Waals surface area contributed by atoms with Crippen molar-refractivity contribution >= 4 is 17.7 Å². The molecule has 0 spiro atoms. The van der Waals surface area contributed by atoms with Gasteiger partial charge in [-0.05, 0) is 67.3 Å². The van der Waals surface area contributed by atoms with E-state index in [2.05, 4.69) is 10.6 Å². The number of furan rings is 1. The van der Waals surface area contributed by atoms with Crippen LogP contribution in [0.3, 0.4) is 0 Å². The minimum atomic E-state index is -0.775. The largest absolute Gasteiger partial charge is 0.497 e. The van der Waals surface area contributed by atoms with E-state index < -0.39 is 6.04 Å². The molecule has 0 aliphatic carbocycles. The molecule has 2 heterocycles. The lowest BCUT2D eigenvalue weighted by molar-refractivity contribution is -0.124. The second-order valence-corrected chi connectivity index (χ2v) is 8.84. The highest BCUT2D eigenvalue weighted by Crippen LogP contribution is 2.24. The normalized spacial score (nSPS) is 14.5. The number of hydrogen-bond donors (Lipinski definition) is 2. The van der Waals surface area contributed by atoms with Crippen LogP contribution in [0.5, 0.6) is 11.5 Å². The van der Waals surface area contributed by atoms with Crippen molar-refractivity contribution in [1.29, 1.82) is 0 Å². The Balaban J connectivity index is 1.45. The predicted octanol–water partition coefficient (Wildman–Crippen LogP) is 3.26. The second kappa shape index (κ2) is 12.1. The van der Waals surface area contributed by atoms with Crippen molar-refractivity contribution in [2.24, 2.45) is 5.92 Å². The fraction of sp³-hybridized carbons (Fsp3) is 0.321. The third-order valence-electron chi connectivity index (χ3n) is 6.53. The number of amides is 3. The quantitative estimate of drug-likeness (QED) is 0.462. The zero-order valence-corrected chi connectivity index (χ0v) is 20.9. The number of piperidine rings is 1. The molecule has 1 aliphatic rings. The predicted molar refractivity (Wildman–Crippen MR) is 136 cm³/mol. The van der Waals surface area contributed by atoms with Gasteiger partial charge < -0.3 is 29.4 Å². The van der Waals surface area contributed by atoms with Crippen LogP contribution in [0.25, 0.3) is 0 Å². The molecule has 4 rings (SSSR count). The molecule has 2 N–H and O–H groups in total. The third kappa shape index (κ3) is 6.49. The SMILES string of the molecule is COc1cccc(C(=O)NC(C(=O)NCc2ccco2)C2CCN(C(=O)c3cccc(OC)c3)CC2)c1. The van der Waals surface area contributed by atoms with E-state index in [1.54, 1.807) is 78.9 Å². The maximum Gasteiger partial charge on any atom is 0.253 e. The van der Waals surface area contributed by atoms with Gasteiger partial charge in [-0.25, -0.2) is 0 Å². The summed E-state index contributed by atoms with van der Waals surface area (Å²) in [5.74, 6) is 0.879. The molecule has 9 nitrogen and oxygen atoms in total. The van der Waals surface area contributed by atoms with Crippen molar-refractivity contribution in [3.63, 3.8) is 0 Å². The molecule has 9 heteroatoms. The Morgan fingerprint density at radius 2 is 1.59 bits per heavy atom. The van der Waals surface area contributed by atoms with Crippen molar-refractivity contribution in [1.82, 2.24) is 15.5 Å². The fourth-order valence-electron chi connectivity index (χ4n) is 4.46. The molecular weight excluding hydrogens is 474 g/mol. The number of nitrogens with one attached hydrogen (secondary N) is 2. The van der Waals surface area contributed by atoms with Crippen LogP contribution in [-0.2, 0) is 11.3 Å². The Labute approximate surface area is 215 Å². The van der Waals surface area contributed by atoms with E-state index in [-0.39, 0.29) is 30.2 Å². The zero-order valence-electron chi connectivity index (χ0n) is 20.9. The average Bonchev–Trinajstić information content (AvgIpc) is 3.48. The summed E-state index contributed by atoms with van der Waals surface area (Å²) in [7, 11) is 3.09. The first kappa shape index (κ1) is 25.8. The molecule has 1 saturated heterocycles. The topological polar surface area (TPSA) is 110 Å². The lowest BCUT2D eigenvalue weighted by atomic mass is 9.88. The number of hydrogen-bond acceptors (Lipinski definition) is 6. The summed E-state index contributed by atoms with van der Waals surface area (Å²) in [6, 6.07) is 16.6. The summed E-state index contributed by atoms with van der Waals surface area (Å²) in [6.07, 6.45) is 2.67. The van der Waals surface area contributed by atoms with E-state index in [9.17, 15) is 14.4 Å². The van der Waals surface area contributed by atoms with Crippen LogP contribution in [0.1, 0.15) is 39.3 Å². The van der Waals surface area contributed by atoms with E-state index in [4.69, 9.17) is 13.9 Å². The number of carbonyl (C=O) groups is 3. The Hall–Kier alpha value is -4.27. The van der Waals surface area contributed by atoms with Gasteiger partial charge in [-0.15, -0.1) is 0 Å². The molecule has 37 heavy (non-hydrogen) atoms. The molecule has 3 amide bonds. The molecule has 1 fully saturated rings. The van der Waals surface area contributed by atoms with Gasteiger partial charge in [-0.3, -0.25) is 14.4 Å². The molecule has 2 aromatic carbocycles. The number of likely N-dealkylation sites (tertiary alicyclic amines) is 1. The van der Waals surface area contributed by atoms with Gasteiger partial charge >= 0.3 is 0 Å². The lowest BCUT2D eigenvalue weighted by Crippen LogP contribution is -2.53. The number of carbonyl (C=O) groups excluding carboxylic acids is 3. The highest BCUT2D eigenvalue weighted by molar-refractivity contribution is 5.98. The van der Waals surface area contributed by atoms with Gasteiger partial charge in [0.25, 0.3) is 11.8 Å². The molecule has 0 bridgehead atoms. The summed E-state index contributed by atoms with van der Waals surface area (Å²) in [4.78, 5) is 41.1. The maximum absolute atomic E-state index is 13.2. The highest BCUT2D eigenvalue weighted by Gasteiger charge is 2.34. The summed E-state index contributed by atoms with van der Waals surface area (Å²) >= 11 is 0. The third-order valence-corrected chi connectivity index (χ3v) is 6.53. The van der Waals surface area contributed by atoms with Crippen LogP contribution in [0.15, 0.2) is 71.3 Å². The number of rotatable bonds is 9. The first-order valence-corrected chi connectivity index (χ1v) is 12.2. The number of nitrogens with zero attached hydrogens (tertiary/aromatic N) is 1. The molecule has 0 saturated carbocycles. The Bertz CT molecular complexity index is 1220. The van der Waals surface area contributed by atoms with Crippen LogP contribution in [0, 0.1) is 5.92 Å². The van der Waals surface area contributed by atoms with Crippen LogP contribution < -0.4 is 20.1 Å². The average molecular weight is 506 g/mol. The second-order valence-electron chi connectivity index (χ2n) is 8.84. The van der Waals surface area contributed by atoms with Gasteiger partial charge in [-0.2, -0.15) is 0 Å². The molecule has 1 aromatic heterocycles. The molecule has 1 unspecified atom stereocenters. The minimum absolute atomic E-state index is 0.0865. The van der Waals surface area contributed by atoms with E-state index >= 15 is 0 Å². The molecule has 194 valence electrons. The summed E-state index contributed by atoms with van der Waals surface area (Å²) in [6.45, 7) is 1.15. The van der Waals surface area contributed by atoms with E-state index in [1.165, 1.54) is 7.11 Å². The van der Waals surface area contributed by atoms with Crippen LogP contribution in [-0.4, -0.2) is 56.0 Å². The van der Waals surface area contributed by atoms with Crippen molar-refractivity contribution in [2.75, 3.05) is 27.3 Å². The maximum atomic E-state index is 13.2. The van der Waals surface area contributed by atoms with Crippen LogP contribution in [0.4, 0.5) is 0 Å². The number of ether oxygens (including phenoxy) is 2. The Morgan fingerprint density at radius 3 is 2.22 bits per heavy atom. The van der Waals surface area contributed by atoms with Gasteiger partial charge in [0.05, 0.1) is 27.0 Å². The molecular formula is C28H31N3O6. The van der Waals surface area contributed by atoms with Gasteiger partial charge in [0.1, 0.15) is 23.3 Å². The molecule has 3 aromatic rings. The summed E-state index contributed by atoms with van der Waals surface area (Å²) in [5.41, 5.74) is 0.950. The standard InChI is InChI=1S/C28H31N3O6/c1-35-22-8-3-6-20(16-22)26(32)30-25(27(33)29-18-24-10-5-15-37-24)19-11-13-31(14-12-19)28(34)21-7-4-9-23(17-21)36-2/h3-10,15-17,19,25H,11-14,18H2,1-2H3,(H,29,33)(H,30,32). The highest BCUT2D eigenvalue weighted by atomic mass is 16.5. The first-order chi connectivity index (χ1) is 18.0. The smallest absolute Gasteiger partial charge is 0.253 e. The molecule has 1 atom stereocenters. The van der Waals surface area contributed by atoms with Gasteiger partial charge in [0.15, 0.2) is 0 Å². The lowest BCUT2D eigenvalue weighted by Gasteiger charge is -2.36.